The fourth-order valence-electron chi connectivity index (χ4n) is 2.36. The molecule has 1 aromatic heterocycles. The summed E-state index contributed by atoms with van der Waals surface area (Å²) in [6, 6.07) is 0. The Labute approximate surface area is 107 Å². The number of piperidine rings is 1. The molecule has 6 nitrogen and oxygen atoms in total. The van der Waals surface area contributed by atoms with Crippen LogP contribution in [-0.2, 0) is 10.0 Å². The van der Waals surface area contributed by atoms with E-state index in [0.717, 1.165) is 0 Å². The number of hydrogen-bond donors (Lipinski definition) is 2. The van der Waals surface area contributed by atoms with Crippen molar-refractivity contribution in [2.75, 3.05) is 13.1 Å². The first-order chi connectivity index (χ1) is 8.34. The van der Waals surface area contributed by atoms with Crippen LogP contribution in [0.15, 0.2) is 4.90 Å². The average Bonchev–Trinajstić information content (AvgIpc) is 2.62. The number of aromatic amines is 1. The molecule has 0 aliphatic carbocycles. The number of aryl methyl sites for hydroxylation is 2. The van der Waals surface area contributed by atoms with E-state index in [0.29, 0.717) is 30.9 Å². The number of aromatic nitrogens is 2. The van der Waals surface area contributed by atoms with E-state index < -0.39 is 16.1 Å². The first-order valence-corrected chi connectivity index (χ1v) is 7.48. The number of nitrogens with zero attached hydrogens (tertiary/aromatic N) is 2. The number of aliphatic hydroxyl groups is 1. The molecule has 0 aromatic carbocycles. The van der Waals surface area contributed by atoms with E-state index in [4.69, 9.17) is 0 Å². The van der Waals surface area contributed by atoms with Gasteiger partial charge in [0.05, 0.1) is 17.5 Å². The third-order valence-corrected chi connectivity index (χ3v) is 5.61. The first-order valence-electron chi connectivity index (χ1n) is 6.04. The lowest BCUT2D eigenvalue weighted by atomic mass is 9.99. The normalized spacial score (nSPS) is 26.4. The minimum atomic E-state index is -3.51. The molecule has 102 valence electrons. The molecule has 1 saturated heterocycles. The molecule has 1 aromatic rings. The van der Waals surface area contributed by atoms with E-state index in [1.54, 1.807) is 13.8 Å². The molecule has 1 fully saturated rings. The fraction of sp³-hybridized carbons (Fsp3) is 0.727. The second kappa shape index (κ2) is 4.64. The number of rotatable bonds is 2. The summed E-state index contributed by atoms with van der Waals surface area (Å²) in [5, 5.41) is 16.3. The largest absolute Gasteiger partial charge is 0.393 e. The molecule has 0 bridgehead atoms. The summed E-state index contributed by atoms with van der Waals surface area (Å²) < 4.78 is 26.5. The van der Waals surface area contributed by atoms with Gasteiger partial charge in [0.25, 0.3) is 0 Å². The highest BCUT2D eigenvalue weighted by Crippen LogP contribution is 2.26. The quantitative estimate of drug-likeness (QED) is 0.817. The zero-order valence-electron chi connectivity index (χ0n) is 10.8. The second-order valence-electron chi connectivity index (χ2n) is 4.96. The van der Waals surface area contributed by atoms with Crippen molar-refractivity contribution in [2.45, 2.75) is 38.2 Å². The van der Waals surface area contributed by atoms with E-state index in [2.05, 4.69) is 10.2 Å². The van der Waals surface area contributed by atoms with Crippen molar-refractivity contribution in [3.05, 3.63) is 11.4 Å². The molecule has 2 N–H and O–H groups in total. The van der Waals surface area contributed by atoms with E-state index in [9.17, 15) is 13.5 Å². The highest BCUT2D eigenvalue weighted by atomic mass is 32.2. The number of nitrogens with one attached hydrogen (secondary N) is 1. The van der Waals surface area contributed by atoms with Crippen molar-refractivity contribution >= 4 is 10.0 Å². The van der Waals surface area contributed by atoms with Gasteiger partial charge in [-0.3, -0.25) is 5.10 Å². The van der Waals surface area contributed by atoms with Gasteiger partial charge in [0.2, 0.25) is 10.0 Å². The molecule has 18 heavy (non-hydrogen) atoms. The van der Waals surface area contributed by atoms with Crippen LogP contribution in [0.4, 0.5) is 0 Å². The van der Waals surface area contributed by atoms with Gasteiger partial charge < -0.3 is 5.11 Å². The van der Waals surface area contributed by atoms with E-state index in [1.165, 1.54) is 4.31 Å². The van der Waals surface area contributed by atoms with Gasteiger partial charge in [-0.05, 0) is 26.2 Å². The fourth-order valence-corrected chi connectivity index (χ4v) is 4.25. The lowest BCUT2D eigenvalue weighted by Crippen LogP contribution is -2.45. The highest BCUT2D eigenvalue weighted by molar-refractivity contribution is 7.89. The molecule has 2 rings (SSSR count). The molecule has 0 spiro atoms. The monoisotopic (exact) mass is 273 g/mol. The summed E-state index contributed by atoms with van der Waals surface area (Å²) in [7, 11) is -3.51. The van der Waals surface area contributed by atoms with Crippen molar-refractivity contribution in [1.29, 1.82) is 0 Å². The summed E-state index contributed by atoms with van der Waals surface area (Å²) in [5.74, 6) is -0.0407. The Hall–Kier alpha value is -0.920. The average molecular weight is 273 g/mol. The van der Waals surface area contributed by atoms with Gasteiger partial charge in [0.1, 0.15) is 4.90 Å². The minimum absolute atomic E-state index is 0.0407. The number of hydrogen-bond acceptors (Lipinski definition) is 4. The topological polar surface area (TPSA) is 86.3 Å². The molecule has 1 aliphatic heterocycles. The van der Waals surface area contributed by atoms with Crippen molar-refractivity contribution in [3.63, 3.8) is 0 Å². The van der Waals surface area contributed by atoms with Crippen LogP contribution < -0.4 is 0 Å². The number of aliphatic hydroxyl groups excluding tert-OH is 1. The standard InChI is InChI=1S/C11H19N3O3S/c1-7-6-14(5-4-10(7)15)18(16,17)11-8(2)12-13-9(11)3/h7,10,15H,4-6H2,1-3H3,(H,12,13). The Balaban J connectivity index is 2.33. The minimum Gasteiger partial charge on any atom is -0.393 e. The first kappa shape index (κ1) is 13.5. The van der Waals surface area contributed by atoms with E-state index in [1.807, 2.05) is 6.92 Å². The van der Waals surface area contributed by atoms with E-state index in [-0.39, 0.29) is 10.8 Å². The van der Waals surface area contributed by atoms with Crippen molar-refractivity contribution < 1.29 is 13.5 Å². The third kappa shape index (κ3) is 2.17. The van der Waals surface area contributed by atoms with Crippen LogP contribution in [-0.4, -0.2) is 47.2 Å². The Kier molecular flexibility index (Phi) is 3.48. The van der Waals surface area contributed by atoms with Gasteiger partial charge in [-0.1, -0.05) is 6.92 Å². The maximum Gasteiger partial charge on any atom is 0.246 e. The van der Waals surface area contributed by atoms with Gasteiger partial charge in [0.15, 0.2) is 0 Å². The second-order valence-corrected chi connectivity index (χ2v) is 6.83. The molecule has 0 radical (unpaired) electrons. The molecule has 7 heteroatoms. The third-order valence-electron chi connectivity index (χ3n) is 3.48. The summed E-state index contributed by atoms with van der Waals surface area (Å²) in [6.45, 7) is 5.96. The maximum atomic E-state index is 12.5. The molecule has 0 saturated carbocycles. The highest BCUT2D eigenvalue weighted by Gasteiger charge is 2.35. The maximum absolute atomic E-state index is 12.5. The van der Waals surface area contributed by atoms with Crippen molar-refractivity contribution in [3.8, 4) is 0 Å². The Morgan fingerprint density at radius 2 is 2.11 bits per heavy atom. The Morgan fingerprint density at radius 1 is 1.44 bits per heavy atom. The van der Waals surface area contributed by atoms with Crippen LogP contribution in [0.1, 0.15) is 24.7 Å². The lowest BCUT2D eigenvalue weighted by Gasteiger charge is -2.33. The van der Waals surface area contributed by atoms with Crippen LogP contribution in [0.2, 0.25) is 0 Å². The molecular formula is C11H19N3O3S. The zero-order valence-corrected chi connectivity index (χ0v) is 11.7. The smallest absolute Gasteiger partial charge is 0.246 e. The van der Waals surface area contributed by atoms with Crippen molar-refractivity contribution in [1.82, 2.24) is 14.5 Å². The summed E-state index contributed by atoms with van der Waals surface area (Å²) in [5.41, 5.74) is 1.05. The van der Waals surface area contributed by atoms with Crippen LogP contribution in [0, 0.1) is 19.8 Å². The SMILES string of the molecule is Cc1n[nH]c(C)c1S(=O)(=O)N1CCC(O)C(C)C1. The Bertz CT molecular complexity index is 518. The van der Waals surface area contributed by atoms with Gasteiger partial charge >= 0.3 is 0 Å². The number of H-pyrrole nitrogens is 1. The summed E-state index contributed by atoms with van der Waals surface area (Å²) in [6.07, 6.45) is 0.0686. The van der Waals surface area contributed by atoms with Gasteiger partial charge in [-0.2, -0.15) is 9.40 Å². The molecule has 2 unspecified atom stereocenters. The predicted molar refractivity (Wildman–Crippen MR) is 66.6 cm³/mol. The molecule has 0 amide bonds. The van der Waals surface area contributed by atoms with Gasteiger partial charge in [0, 0.05) is 13.1 Å². The van der Waals surface area contributed by atoms with E-state index >= 15 is 0 Å². The Morgan fingerprint density at radius 3 is 2.61 bits per heavy atom. The van der Waals surface area contributed by atoms with Crippen LogP contribution in [0.5, 0.6) is 0 Å². The molecule has 2 atom stereocenters. The molecule has 2 heterocycles. The van der Waals surface area contributed by atoms with Gasteiger partial charge in [-0.25, -0.2) is 8.42 Å². The molecule has 1 aliphatic rings. The predicted octanol–water partition coefficient (Wildman–Crippen LogP) is 0.418. The summed E-state index contributed by atoms with van der Waals surface area (Å²) in [4.78, 5) is 0.270. The van der Waals surface area contributed by atoms with Crippen molar-refractivity contribution in [2.24, 2.45) is 5.92 Å². The summed E-state index contributed by atoms with van der Waals surface area (Å²) >= 11 is 0. The van der Waals surface area contributed by atoms with Crippen LogP contribution >= 0.6 is 0 Å². The zero-order chi connectivity index (χ0) is 13.5. The van der Waals surface area contributed by atoms with Crippen LogP contribution in [0.25, 0.3) is 0 Å². The molecular weight excluding hydrogens is 254 g/mol. The number of sulfonamides is 1. The lowest BCUT2D eigenvalue weighted by molar-refractivity contribution is 0.0628. The van der Waals surface area contributed by atoms with Crippen LogP contribution in [0.3, 0.4) is 0 Å². The van der Waals surface area contributed by atoms with Gasteiger partial charge in [-0.15, -0.1) is 0 Å².